The summed E-state index contributed by atoms with van der Waals surface area (Å²) in [5.41, 5.74) is 0. The van der Waals surface area contributed by atoms with Crippen LogP contribution in [0.25, 0.3) is 0 Å². The first-order chi connectivity index (χ1) is 12.5. The number of aliphatic hydroxyl groups excluding tert-OH is 1. The molecule has 0 aromatic carbocycles. The Kier molecular flexibility index (Phi) is 7.03. The smallest absolute Gasteiger partial charge is 0.146 e. The molecule has 0 amide bonds. The fourth-order valence-electron chi connectivity index (χ4n) is 4.23. The van der Waals surface area contributed by atoms with E-state index in [-0.39, 0.29) is 6.10 Å². The van der Waals surface area contributed by atoms with Crippen LogP contribution in [-0.4, -0.2) is 94.0 Å². The van der Waals surface area contributed by atoms with Gasteiger partial charge in [0.2, 0.25) is 0 Å². The van der Waals surface area contributed by atoms with Crippen LogP contribution < -0.4 is 0 Å². The molecule has 7 heteroatoms. The van der Waals surface area contributed by atoms with E-state index in [0.717, 1.165) is 57.2 Å². The molecular formula is C19H36N6O. The summed E-state index contributed by atoms with van der Waals surface area (Å²) in [6.07, 6.45) is 5.31. The number of piperidine rings is 2. The second-order valence-corrected chi connectivity index (χ2v) is 8.34. The predicted molar refractivity (Wildman–Crippen MR) is 103 cm³/mol. The number of aliphatic hydroxyl groups is 1. The summed E-state index contributed by atoms with van der Waals surface area (Å²) in [6, 6.07) is 0. The lowest BCUT2D eigenvalue weighted by atomic mass is 9.97. The molecule has 0 radical (unpaired) electrons. The van der Waals surface area contributed by atoms with Gasteiger partial charge in [-0.25, -0.2) is 0 Å². The Morgan fingerprint density at radius 1 is 1.08 bits per heavy atom. The highest BCUT2D eigenvalue weighted by Gasteiger charge is 2.26. The number of likely N-dealkylation sites (tertiary alicyclic amines) is 2. The van der Waals surface area contributed by atoms with Gasteiger partial charge in [0.1, 0.15) is 11.6 Å². The SMILES string of the molecule is CN(C)CCCN1CCCC(c2nnc(CN3CCC(O)CC3)n2C)C1. The zero-order valence-corrected chi connectivity index (χ0v) is 16.8. The van der Waals surface area contributed by atoms with Crippen LogP contribution >= 0.6 is 0 Å². The maximum Gasteiger partial charge on any atom is 0.146 e. The highest BCUT2D eigenvalue weighted by molar-refractivity contribution is 5.04. The van der Waals surface area contributed by atoms with Gasteiger partial charge in [0, 0.05) is 32.6 Å². The van der Waals surface area contributed by atoms with Crippen molar-refractivity contribution in [3.8, 4) is 0 Å². The Morgan fingerprint density at radius 2 is 1.85 bits per heavy atom. The van der Waals surface area contributed by atoms with Crippen LogP contribution in [-0.2, 0) is 13.6 Å². The van der Waals surface area contributed by atoms with Crippen LogP contribution in [0, 0.1) is 0 Å². The summed E-state index contributed by atoms with van der Waals surface area (Å²) in [4.78, 5) is 7.24. The molecule has 26 heavy (non-hydrogen) atoms. The van der Waals surface area contributed by atoms with Gasteiger partial charge in [0.15, 0.2) is 0 Å². The number of hydrogen-bond donors (Lipinski definition) is 1. The van der Waals surface area contributed by atoms with Gasteiger partial charge < -0.3 is 19.5 Å². The van der Waals surface area contributed by atoms with Crippen molar-refractivity contribution in [2.45, 2.75) is 50.7 Å². The minimum Gasteiger partial charge on any atom is -0.393 e. The van der Waals surface area contributed by atoms with E-state index in [1.54, 1.807) is 0 Å². The molecule has 0 spiro atoms. The third-order valence-electron chi connectivity index (χ3n) is 5.87. The van der Waals surface area contributed by atoms with E-state index in [0.29, 0.717) is 5.92 Å². The van der Waals surface area contributed by atoms with Crippen molar-refractivity contribution in [2.24, 2.45) is 7.05 Å². The van der Waals surface area contributed by atoms with Crippen molar-refractivity contribution in [3.63, 3.8) is 0 Å². The van der Waals surface area contributed by atoms with Gasteiger partial charge in [0.05, 0.1) is 12.6 Å². The number of nitrogens with zero attached hydrogens (tertiary/aromatic N) is 6. The van der Waals surface area contributed by atoms with Gasteiger partial charge in [-0.15, -0.1) is 10.2 Å². The minimum atomic E-state index is -0.123. The maximum atomic E-state index is 9.67. The molecule has 7 nitrogen and oxygen atoms in total. The maximum absolute atomic E-state index is 9.67. The standard InChI is InChI=1S/C19H36N6O/c1-22(2)9-5-11-24-10-4-6-16(14-24)19-21-20-18(23(19)3)15-25-12-7-17(26)8-13-25/h16-17,26H,4-15H2,1-3H3. The van der Waals surface area contributed by atoms with E-state index in [2.05, 4.69) is 50.6 Å². The molecular weight excluding hydrogens is 328 g/mol. The normalized spacial score (nSPS) is 23.8. The number of rotatable bonds is 7. The van der Waals surface area contributed by atoms with Crippen molar-refractivity contribution >= 4 is 0 Å². The molecule has 0 saturated carbocycles. The molecule has 0 bridgehead atoms. The van der Waals surface area contributed by atoms with Crippen LogP contribution in [0.15, 0.2) is 0 Å². The Labute approximate surface area is 158 Å². The van der Waals surface area contributed by atoms with Gasteiger partial charge in [-0.1, -0.05) is 0 Å². The van der Waals surface area contributed by atoms with Crippen molar-refractivity contribution in [1.29, 1.82) is 0 Å². The van der Waals surface area contributed by atoms with Gasteiger partial charge in [-0.3, -0.25) is 4.90 Å². The lowest BCUT2D eigenvalue weighted by Gasteiger charge is -2.32. The summed E-state index contributed by atoms with van der Waals surface area (Å²) in [5.74, 6) is 2.70. The van der Waals surface area contributed by atoms with Crippen LogP contribution in [0.1, 0.15) is 49.7 Å². The van der Waals surface area contributed by atoms with Gasteiger partial charge in [-0.2, -0.15) is 0 Å². The first-order valence-corrected chi connectivity index (χ1v) is 10.2. The first kappa shape index (κ1) is 19.7. The summed E-state index contributed by atoms with van der Waals surface area (Å²) in [7, 11) is 6.40. The van der Waals surface area contributed by atoms with E-state index in [4.69, 9.17) is 0 Å². The zero-order chi connectivity index (χ0) is 18.5. The molecule has 1 aromatic heterocycles. The average Bonchev–Trinajstić information content (AvgIpc) is 2.97. The molecule has 2 aliphatic heterocycles. The summed E-state index contributed by atoms with van der Waals surface area (Å²) in [6.45, 7) is 7.39. The molecule has 1 atom stereocenters. The monoisotopic (exact) mass is 364 g/mol. The summed E-state index contributed by atoms with van der Waals surface area (Å²) in [5, 5.41) is 18.7. The highest BCUT2D eigenvalue weighted by atomic mass is 16.3. The lowest BCUT2D eigenvalue weighted by molar-refractivity contribution is 0.0775. The third-order valence-corrected chi connectivity index (χ3v) is 5.87. The average molecular weight is 365 g/mol. The Bertz CT molecular complexity index is 552. The molecule has 2 aliphatic rings. The summed E-state index contributed by atoms with van der Waals surface area (Å²) >= 11 is 0. The number of hydrogen-bond acceptors (Lipinski definition) is 6. The van der Waals surface area contributed by atoms with Crippen molar-refractivity contribution in [1.82, 2.24) is 29.5 Å². The molecule has 2 fully saturated rings. The molecule has 1 aromatic rings. The highest BCUT2D eigenvalue weighted by Crippen LogP contribution is 2.26. The van der Waals surface area contributed by atoms with Crippen molar-refractivity contribution < 1.29 is 5.11 Å². The fourth-order valence-corrected chi connectivity index (χ4v) is 4.23. The van der Waals surface area contributed by atoms with E-state index in [1.165, 1.54) is 32.4 Å². The lowest BCUT2D eigenvalue weighted by Crippen LogP contribution is -2.37. The van der Waals surface area contributed by atoms with Crippen LogP contribution in [0.2, 0.25) is 0 Å². The quantitative estimate of drug-likeness (QED) is 0.776. The molecule has 1 unspecified atom stereocenters. The number of aromatic nitrogens is 3. The van der Waals surface area contributed by atoms with E-state index < -0.39 is 0 Å². The van der Waals surface area contributed by atoms with Crippen molar-refractivity contribution in [2.75, 3.05) is 53.4 Å². The zero-order valence-electron chi connectivity index (χ0n) is 16.8. The Morgan fingerprint density at radius 3 is 2.58 bits per heavy atom. The molecule has 1 N–H and O–H groups in total. The minimum absolute atomic E-state index is 0.123. The van der Waals surface area contributed by atoms with E-state index in [1.807, 2.05) is 0 Å². The van der Waals surface area contributed by atoms with Crippen molar-refractivity contribution in [3.05, 3.63) is 11.6 Å². The van der Waals surface area contributed by atoms with Crippen LogP contribution in [0.3, 0.4) is 0 Å². The molecule has 0 aliphatic carbocycles. The second kappa shape index (κ2) is 9.26. The largest absolute Gasteiger partial charge is 0.393 e. The first-order valence-electron chi connectivity index (χ1n) is 10.2. The second-order valence-electron chi connectivity index (χ2n) is 8.34. The van der Waals surface area contributed by atoms with Gasteiger partial charge >= 0.3 is 0 Å². The molecule has 148 valence electrons. The Hall–Kier alpha value is -1.02. The van der Waals surface area contributed by atoms with E-state index >= 15 is 0 Å². The topological polar surface area (TPSA) is 60.7 Å². The van der Waals surface area contributed by atoms with Gasteiger partial charge in [-0.05, 0) is 65.8 Å². The molecule has 3 rings (SSSR count). The third kappa shape index (κ3) is 5.25. The van der Waals surface area contributed by atoms with Crippen LogP contribution in [0.4, 0.5) is 0 Å². The summed E-state index contributed by atoms with van der Waals surface area (Å²) < 4.78 is 2.22. The molecule has 3 heterocycles. The van der Waals surface area contributed by atoms with Gasteiger partial charge in [0.25, 0.3) is 0 Å². The fraction of sp³-hybridized carbons (Fsp3) is 0.895. The van der Waals surface area contributed by atoms with E-state index in [9.17, 15) is 5.11 Å². The molecule has 2 saturated heterocycles. The predicted octanol–water partition coefficient (Wildman–Crippen LogP) is 0.903. The Balaban J connectivity index is 1.54. The van der Waals surface area contributed by atoms with Crippen LogP contribution in [0.5, 0.6) is 0 Å².